The molecule has 0 fully saturated rings. The van der Waals surface area contributed by atoms with Gasteiger partial charge in [-0.3, -0.25) is 4.79 Å². The summed E-state index contributed by atoms with van der Waals surface area (Å²) in [5.74, 6) is -3.53. The van der Waals surface area contributed by atoms with Crippen LogP contribution in [-0.4, -0.2) is 10.3 Å². The third-order valence-corrected chi connectivity index (χ3v) is 1.46. The number of hydrogen-bond acceptors (Lipinski definition) is 2. The van der Waals surface area contributed by atoms with E-state index in [1.165, 1.54) is 0 Å². The smallest absolute Gasteiger partial charge is 0.252 e. The monoisotopic (exact) mass is 192 g/mol. The van der Waals surface area contributed by atoms with E-state index < -0.39 is 22.6 Å². The molecule has 12 heavy (non-hydrogen) atoms. The Balaban J connectivity index is 3.31. The number of phenolic OH excluding ortho intramolecular Hbond substituents is 1. The molecule has 1 N–H and O–H groups in total. The number of rotatable bonds is 1. The van der Waals surface area contributed by atoms with E-state index in [0.717, 1.165) is 0 Å². The lowest BCUT2D eigenvalue weighted by Gasteiger charge is -1.98. The molecule has 1 aromatic carbocycles. The number of halogens is 3. The van der Waals surface area contributed by atoms with Gasteiger partial charge in [-0.05, 0) is 23.7 Å². The Morgan fingerprint density at radius 1 is 1.33 bits per heavy atom. The summed E-state index contributed by atoms with van der Waals surface area (Å²) in [7, 11) is 0. The molecule has 0 bridgehead atoms. The average Bonchev–Trinajstić information content (AvgIpc) is 1.99. The zero-order valence-electron chi connectivity index (χ0n) is 5.64. The summed E-state index contributed by atoms with van der Waals surface area (Å²) in [5.41, 5.74) is -0.329. The second-order valence-electron chi connectivity index (χ2n) is 2.06. The first-order valence-corrected chi connectivity index (χ1v) is 3.28. The van der Waals surface area contributed by atoms with Crippen molar-refractivity contribution in [3.05, 3.63) is 29.3 Å². The standard InChI is InChI=1S/C7H3ClF2O2/c8-7(12)3-1-4(9)6(11)5(10)2-3/h1-2,11H. The van der Waals surface area contributed by atoms with Crippen LogP contribution >= 0.6 is 11.6 Å². The van der Waals surface area contributed by atoms with Gasteiger partial charge in [0.05, 0.1) is 0 Å². The SMILES string of the molecule is O=C(Cl)c1cc(F)c(O)c(F)c1. The average molecular weight is 193 g/mol. The number of hydrogen-bond donors (Lipinski definition) is 1. The predicted molar refractivity (Wildman–Crippen MR) is 38.2 cm³/mol. The van der Waals surface area contributed by atoms with Crippen LogP contribution in [0.2, 0.25) is 0 Å². The van der Waals surface area contributed by atoms with E-state index in [2.05, 4.69) is 0 Å². The third kappa shape index (κ3) is 1.53. The van der Waals surface area contributed by atoms with Crippen LogP contribution in [0.3, 0.4) is 0 Å². The molecule has 0 unspecified atom stereocenters. The van der Waals surface area contributed by atoms with Gasteiger partial charge in [-0.15, -0.1) is 0 Å². The maximum Gasteiger partial charge on any atom is 0.252 e. The summed E-state index contributed by atoms with van der Waals surface area (Å²) in [6, 6.07) is 1.32. The maximum atomic E-state index is 12.5. The van der Waals surface area contributed by atoms with Gasteiger partial charge in [-0.1, -0.05) is 0 Å². The summed E-state index contributed by atoms with van der Waals surface area (Å²) in [4.78, 5) is 10.4. The Labute approximate surface area is 71.4 Å². The molecule has 0 spiro atoms. The normalized spacial score (nSPS) is 9.92. The minimum absolute atomic E-state index is 0.329. The van der Waals surface area contributed by atoms with E-state index in [9.17, 15) is 13.6 Å². The highest BCUT2D eigenvalue weighted by molar-refractivity contribution is 6.67. The molecule has 0 radical (unpaired) electrons. The summed E-state index contributed by atoms with van der Waals surface area (Å²) in [6.07, 6.45) is 0. The summed E-state index contributed by atoms with van der Waals surface area (Å²) >= 11 is 4.95. The zero-order chi connectivity index (χ0) is 9.30. The molecular weight excluding hydrogens is 190 g/mol. The van der Waals surface area contributed by atoms with Gasteiger partial charge >= 0.3 is 0 Å². The quantitative estimate of drug-likeness (QED) is 0.692. The molecule has 0 aliphatic carbocycles. The van der Waals surface area contributed by atoms with Gasteiger partial charge in [0.15, 0.2) is 17.4 Å². The minimum atomic E-state index is -1.21. The first-order valence-electron chi connectivity index (χ1n) is 2.90. The van der Waals surface area contributed by atoms with E-state index in [4.69, 9.17) is 16.7 Å². The van der Waals surface area contributed by atoms with Gasteiger partial charge in [0.1, 0.15) is 0 Å². The van der Waals surface area contributed by atoms with Crippen LogP contribution in [0.15, 0.2) is 12.1 Å². The lowest BCUT2D eigenvalue weighted by atomic mass is 10.2. The summed E-state index contributed by atoms with van der Waals surface area (Å²) < 4.78 is 25.0. The second kappa shape index (κ2) is 3.06. The zero-order valence-corrected chi connectivity index (χ0v) is 6.40. The highest BCUT2D eigenvalue weighted by Crippen LogP contribution is 2.21. The van der Waals surface area contributed by atoms with Gasteiger partial charge in [-0.2, -0.15) is 0 Å². The highest BCUT2D eigenvalue weighted by Gasteiger charge is 2.12. The largest absolute Gasteiger partial charge is 0.503 e. The molecule has 64 valence electrons. The molecule has 1 rings (SSSR count). The molecule has 0 amide bonds. The molecule has 0 saturated heterocycles. The Morgan fingerprint density at radius 2 is 1.75 bits per heavy atom. The van der Waals surface area contributed by atoms with E-state index >= 15 is 0 Å². The van der Waals surface area contributed by atoms with Gasteiger partial charge < -0.3 is 5.11 Å². The van der Waals surface area contributed by atoms with Crippen LogP contribution in [0.4, 0.5) is 8.78 Å². The van der Waals surface area contributed by atoms with Crippen molar-refractivity contribution >= 4 is 16.8 Å². The second-order valence-corrected chi connectivity index (χ2v) is 2.41. The third-order valence-electron chi connectivity index (χ3n) is 1.24. The Hall–Kier alpha value is -1.16. The van der Waals surface area contributed by atoms with Crippen molar-refractivity contribution < 1.29 is 18.7 Å². The number of phenols is 1. The Kier molecular flexibility index (Phi) is 2.28. The topological polar surface area (TPSA) is 37.3 Å². The molecule has 5 heteroatoms. The molecule has 0 aliphatic heterocycles. The number of benzene rings is 1. The highest BCUT2D eigenvalue weighted by atomic mass is 35.5. The van der Waals surface area contributed by atoms with Gasteiger partial charge in [-0.25, -0.2) is 8.78 Å². The van der Waals surface area contributed by atoms with Gasteiger partial charge in [0, 0.05) is 5.56 Å². The predicted octanol–water partition coefficient (Wildman–Crippen LogP) is 2.05. The number of carbonyl (C=O) groups is 1. The molecular formula is C7H3ClF2O2. The van der Waals surface area contributed by atoms with Crippen LogP contribution in [0.1, 0.15) is 10.4 Å². The van der Waals surface area contributed by atoms with Crippen molar-refractivity contribution in [1.29, 1.82) is 0 Å². The Morgan fingerprint density at radius 3 is 2.08 bits per heavy atom. The minimum Gasteiger partial charge on any atom is -0.503 e. The van der Waals surface area contributed by atoms with Crippen LogP contribution < -0.4 is 0 Å². The van der Waals surface area contributed by atoms with Crippen molar-refractivity contribution in [2.75, 3.05) is 0 Å². The van der Waals surface area contributed by atoms with Crippen LogP contribution in [0.25, 0.3) is 0 Å². The van der Waals surface area contributed by atoms with E-state index in [1.807, 2.05) is 0 Å². The molecule has 0 aliphatic rings. The lowest BCUT2D eigenvalue weighted by Crippen LogP contribution is -1.92. The molecule has 1 aromatic rings. The molecule has 0 heterocycles. The van der Waals surface area contributed by atoms with E-state index in [1.54, 1.807) is 0 Å². The van der Waals surface area contributed by atoms with Crippen molar-refractivity contribution in [2.24, 2.45) is 0 Å². The molecule has 0 atom stereocenters. The Bertz CT molecular complexity index is 315. The van der Waals surface area contributed by atoms with Gasteiger partial charge in [0.2, 0.25) is 0 Å². The first kappa shape index (κ1) is 8.93. The van der Waals surface area contributed by atoms with Gasteiger partial charge in [0.25, 0.3) is 5.24 Å². The van der Waals surface area contributed by atoms with Crippen molar-refractivity contribution in [3.8, 4) is 5.75 Å². The van der Waals surface area contributed by atoms with Crippen molar-refractivity contribution in [3.63, 3.8) is 0 Å². The van der Waals surface area contributed by atoms with E-state index in [-0.39, 0.29) is 5.56 Å². The fourth-order valence-electron chi connectivity index (χ4n) is 0.679. The van der Waals surface area contributed by atoms with Crippen LogP contribution in [-0.2, 0) is 0 Å². The maximum absolute atomic E-state index is 12.5. The number of aromatic hydroxyl groups is 1. The lowest BCUT2D eigenvalue weighted by molar-refractivity contribution is 0.108. The van der Waals surface area contributed by atoms with E-state index in [0.29, 0.717) is 12.1 Å². The van der Waals surface area contributed by atoms with Crippen LogP contribution in [0.5, 0.6) is 5.75 Å². The van der Waals surface area contributed by atoms with Crippen molar-refractivity contribution in [2.45, 2.75) is 0 Å². The number of carbonyl (C=O) groups excluding carboxylic acids is 1. The molecule has 0 saturated carbocycles. The summed E-state index contributed by atoms with van der Waals surface area (Å²) in [5, 5.41) is 7.63. The molecule has 2 nitrogen and oxygen atoms in total. The first-order chi connectivity index (χ1) is 5.52. The molecule has 0 aromatic heterocycles. The van der Waals surface area contributed by atoms with Crippen LogP contribution in [0, 0.1) is 11.6 Å². The fourth-order valence-corrected chi connectivity index (χ4v) is 0.788. The fraction of sp³-hybridized carbons (Fsp3) is 0. The van der Waals surface area contributed by atoms with Crippen molar-refractivity contribution in [1.82, 2.24) is 0 Å². The summed E-state index contributed by atoms with van der Waals surface area (Å²) in [6.45, 7) is 0.